The van der Waals surface area contributed by atoms with Gasteiger partial charge in [0.1, 0.15) is 0 Å². The Bertz CT molecular complexity index is 225. The maximum atomic E-state index is 3.92. The molecule has 0 fully saturated rings. The summed E-state index contributed by atoms with van der Waals surface area (Å²) in [6.07, 6.45) is 8.14. The highest BCUT2D eigenvalue weighted by Crippen LogP contribution is 2.02. The summed E-state index contributed by atoms with van der Waals surface area (Å²) in [6.45, 7) is 4.31. The highest BCUT2D eigenvalue weighted by molar-refractivity contribution is 5.73. The first kappa shape index (κ1) is 12.0. The topological polar surface area (TPSA) is 12.4 Å². The summed E-state index contributed by atoms with van der Waals surface area (Å²) in [5.41, 5.74) is 1.20. The minimum Gasteiger partial charge on any atom is -0.296 e. The molecule has 0 aliphatic carbocycles. The first-order chi connectivity index (χ1) is 6.35. The Labute approximate surface area is 82.0 Å². The predicted molar refractivity (Wildman–Crippen MR) is 60.1 cm³/mol. The fourth-order valence-corrected chi connectivity index (χ4v) is 0.922. The molecule has 13 heavy (non-hydrogen) atoms. The summed E-state index contributed by atoms with van der Waals surface area (Å²) >= 11 is 0. The van der Waals surface area contributed by atoms with Crippen LogP contribution < -0.4 is 0 Å². The number of hydrogen-bond donors (Lipinski definition) is 0. The fourth-order valence-electron chi connectivity index (χ4n) is 0.922. The summed E-state index contributed by atoms with van der Waals surface area (Å²) in [4.78, 5) is 3.92. The average molecular weight is 177 g/mol. The van der Waals surface area contributed by atoms with Gasteiger partial charge in [0.25, 0.3) is 0 Å². The van der Waals surface area contributed by atoms with Gasteiger partial charge in [0, 0.05) is 25.3 Å². The van der Waals surface area contributed by atoms with E-state index in [-0.39, 0.29) is 0 Å². The van der Waals surface area contributed by atoms with Crippen molar-refractivity contribution in [2.45, 2.75) is 39.5 Å². The largest absolute Gasteiger partial charge is 0.296 e. The van der Waals surface area contributed by atoms with E-state index in [0.717, 1.165) is 25.7 Å². The average Bonchev–Trinajstić information content (AvgIpc) is 2.14. The molecule has 0 rings (SSSR count). The third-order valence-electron chi connectivity index (χ3n) is 1.57. The van der Waals surface area contributed by atoms with E-state index >= 15 is 0 Å². The van der Waals surface area contributed by atoms with E-state index in [2.05, 4.69) is 30.7 Å². The van der Waals surface area contributed by atoms with Crippen molar-refractivity contribution in [3.05, 3.63) is 11.6 Å². The predicted octanol–water partition coefficient (Wildman–Crippen LogP) is 3.22. The van der Waals surface area contributed by atoms with Crippen LogP contribution in [0.4, 0.5) is 0 Å². The Morgan fingerprint density at radius 3 is 2.62 bits per heavy atom. The van der Waals surface area contributed by atoms with Crippen LogP contribution in [-0.2, 0) is 0 Å². The van der Waals surface area contributed by atoms with Gasteiger partial charge in [-0.05, 0) is 18.9 Å². The quantitative estimate of drug-likeness (QED) is 0.462. The number of hydrogen-bond acceptors (Lipinski definition) is 1. The molecule has 0 aromatic heterocycles. The van der Waals surface area contributed by atoms with E-state index < -0.39 is 0 Å². The number of rotatable bonds is 4. The zero-order chi connectivity index (χ0) is 9.94. The standard InChI is InChI=1S/C12H19N/c1-4-6-7-9-12(8-5-2)10-11-13-3/h10-11H,4-6,8H2,1-3H3/b12-10-,13-11?. The molecule has 0 aromatic carbocycles. The number of allylic oxidation sites excluding steroid dienone is 2. The Kier molecular flexibility index (Phi) is 8.34. The molecule has 0 saturated carbocycles. The molecule has 0 amide bonds. The molecular formula is C12H19N. The normalized spacial score (nSPS) is 11.5. The maximum Gasteiger partial charge on any atom is 0.0277 e. The van der Waals surface area contributed by atoms with Crippen molar-refractivity contribution in [1.29, 1.82) is 0 Å². The lowest BCUT2D eigenvalue weighted by atomic mass is 10.1. The molecule has 0 aliphatic rings. The van der Waals surface area contributed by atoms with E-state index in [1.165, 1.54) is 5.57 Å². The van der Waals surface area contributed by atoms with Crippen molar-refractivity contribution in [3.8, 4) is 11.8 Å². The second-order valence-corrected chi connectivity index (χ2v) is 2.90. The van der Waals surface area contributed by atoms with Gasteiger partial charge in [-0.3, -0.25) is 4.99 Å². The minimum atomic E-state index is 0.990. The Hall–Kier alpha value is -1.03. The monoisotopic (exact) mass is 177 g/mol. The maximum absolute atomic E-state index is 3.92. The van der Waals surface area contributed by atoms with Crippen LogP contribution in [0.5, 0.6) is 0 Å². The SMILES string of the molecule is CCCC#C/C(=C\C=NC)CCC. The summed E-state index contributed by atoms with van der Waals surface area (Å²) in [7, 11) is 1.78. The summed E-state index contributed by atoms with van der Waals surface area (Å²) in [6, 6.07) is 0. The van der Waals surface area contributed by atoms with Crippen LogP contribution in [0, 0.1) is 11.8 Å². The van der Waals surface area contributed by atoms with Crippen LogP contribution in [0.15, 0.2) is 16.6 Å². The van der Waals surface area contributed by atoms with Gasteiger partial charge in [0.2, 0.25) is 0 Å². The molecular weight excluding hydrogens is 158 g/mol. The van der Waals surface area contributed by atoms with E-state index in [0.29, 0.717) is 0 Å². The lowest BCUT2D eigenvalue weighted by Crippen LogP contribution is -1.80. The molecule has 0 radical (unpaired) electrons. The van der Waals surface area contributed by atoms with Crippen molar-refractivity contribution < 1.29 is 0 Å². The first-order valence-electron chi connectivity index (χ1n) is 4.95. The lowest BCUT2D eigenvalue weighted by molar-refractivity contribution is 0.931. The van der Waals surface area contributed by atoms with Crippen molar-refractivity contribution in [2.75, 3.05) is 7.05 Å². The van der Waals surface area contributed by atoms with Gasteiger partial charge >= 0.3 is 0 Å². The van der Waals surface area contributed by atoms with Gasteiger partial charge in [-0.1, -0.05) is 32.1 Å². The van der Waals surface area contributed by atoms with E-state index in [1.54, 1.807) is 7.05 Å². The molecule has 0 aliphatic heterocycles. The zero-order valence-electron chi connectivity index (χ0n) is 8.93. The molecule has 0 saturated heterocycles. The highest BCUT2D eigenvalue weighted by Gasteiger charge is 1.87. The third kappa shape index (κ3) is 7.33. The Balaban J connectivity index is 4.18. The van der Waals surface area contributed by atoms with Crippen LogP contribution in [-0.4, -0.2) is 13.3 Å². The smallest absolute Gasteiger partial charge is 0.0277 e. The lowest BCUT2D eigenvalue weighted by Gasteiger charge is -1.93. The van der Waals surface area contributed by atoms with Crippen molar-refractivity contribution in [3.63, 3.8) is 0 Å². The van der Waals surface area contributed by atoms with Gasteiger partial charge in [-0.2, -0.15) is 0 Å². The Morgan fingerprint density at radius 2 is 2.08 bits per heavy atom. The molecule has 1 heteroatoms. The third-order valence-corrected chi connectivity index (χ3v) is 1.57. The molecule has 0 heterocycles. The van der Waals surface area contributed by atoms with Crippen LogP contribution in [0.2, 0.25) is 0 Å². The van der Waals surface area contributed by atoms with Crippen molar-refractivity contribution >= 4 is 6.21 Å². The van der Waals surface area contributed by atoms with E-state index in [1.807, 2.05) is 12.3 Å². The zero-order valence-corrected chi connectivity index (χ0v) is 8.93. The fraction of sp³-hybridized carbons (Fsp3) is 0.583. The molecule has 72 valence electrons. The van der Waals surface area contributed by atoms with Crippen LogP contribution in [0.1, 0.15) is 39.5 Å². The molecule has 0 spiro atoms. The van der Waals surface area contributed by atoms with Gasteiger partial charge in [0.15, 0.2) is 0 Å². The second kappa shape index (κ2) is 9.06. The molecule has 0 bridgehead atoms. The molecule has 1 nitrogen and oxygen atoms in total. The van der Waals surface area contributed by atoms with E-state index in [9.17, 15) is 0 Å². The second-order valence-electron chi connectivity index (χ2n) is 2.90. The summed E-state index contributed by atoms with van der Waals surface area (Å²) in [5.74, 6) is 6.33. The number of aliphatic imine (C=N–C) groups is 1. The highest BCUT2D eigenvalue weighted by atomic mass is 14.6. The van der Waals surface area contributed by atoms with Crippen LogP contribution in [0.3, 0.4) is 0 Å². The number of unbranched alkanes of at least 4 members (excludes halogenated alkanes) is 1. The number of nitrogens with zero attached hydrogens (tertiary/aromatic N) is 1. The van der Waals surface area contributed by atoms with Gasteiger partial charge in [0.05, 0.1) is 0 Å². The Morgan fingerprint density at radius 1 is 1.31 bits per heavy atom. The van der Waals surface area contributed by atoms with Crippen LogP contribution in [0.25, 0.3) is 0 Å². The molecule has 0 atom stereocenters. The molecule has 0 unspecified atom stereocenters. The van der Waals surface area contributed by atoms with Gasteiger partial charge in [-0.15, -0.1) is 0 Å². The molecule has 0 N–H and O–H groups in total. The van der Waals surface area contributed by atoms with Crippen molar-refractivity contribution in [1.82, 2.24) is 0 Å². The molecule has 0 aromatic rings. The van der Waals surface area contributed by atoms with Crippen molar-refractivity contribution in [2.24, 2.45) is 4.99 Å². The summed E-state index contributed by atoms with van der Waals surface area (Å²) < 4.78 is 0. The summed E-state index contributed by atoms with van der Waals surface area (Å²) in [5, 5.41) is 0. The minimum absolute atomic E-state index is 0.990. The van der Waals surface area contributed by atoms with E-state index in [4.69, 9.17) is 0 Å². The van der Waals surface area contributed by atoms with Gasteiger partial charge in [-0.25, -0.2) is 0 Å². The van der Waals surface area contributed by atoms with Gasteiger partial charge < -0.3 is 0 Å². The first-order valence-corrected chi connectivity index (χ1v) is 4.95. The van der Waals surface area contributed by atoms with Crippen LogP contribution >= 0.6 is 0 Å².